The maximum absolute atomic E-state index is 13.4. The van der Waals surface area contributed by atoms with Crippen LogP contribution in [0.5, 0.6) is 0 Å². The Bertz CT molecular complexity index is 1390. The van der Waals surface area contributed by atoms with Crippen molar-refractivity contribution in [1.82, 2.24) is 18.7 Å². The lowest BCUT2D eigenvalue weighted by molar-refractivity contribution is 0.504. The van der Waals surface area contributed by atoms with Crippen LogP contribution in [0.4, 0.5) is 0 Å². The van der Waals surface area contributed by atoms with E-state index in [0.717, 1.165) is 46.4 Å². The van der Waals surface area contributed by atoms with Gasteiger partial charge in [0.05, 0.1) is 34.7 Å². The van der Waals surface area contributed by atoms with Crippen molar-refractivity contribution in [2.45, 2.75) is 53.2 Å². The summed E-state index contributed by atoms with van der Waals surface area (Å²) in [5, 5.41) is 8.97. The van der Waals surface area contributed by atoms with Gasteiger partial charge < -0.3 is 4.57 Å². The number of nitriles is 1. The number of hydrogen-bond acceptors (Lipinski definition) is 3. The first-order chi connectivity index (χ1) is 15.4. The molecule has 2 heterocycles. The molecule has 0 saturated heterocycles. The maximum atomic E-state index is 13.4. The Morgan fingerprint density at radius 3 is 2.41 bits per heavy atom. The number of nitrogens with zero attached hydrogens (tertiary/aromatic N) is 5. The minimum atomic E-state index is -0.0201. The molecule has 0 bridgehead atoms. The average Bonchev–Trinajstić information content (AvgIpc) is 3.26. The van der Waals surface area contributed by atoms with E-state index in [4.69, 9.17) is 10.2 Å². The van der Waals surface area contributed by atoms with Gasteiger partial charge in [0.25, 0.3) is 0 Å². The van der Waals surface area contributed by atoms with Crippen LogP contribution in [-0.4, -0.2) is 18.7 Å². The van der Waals surface area contributed by atoms with E-state index in [2.05, 4.69) is 30.6 Å². The third-order valence-corrected chi connectivity index (χ3v) is 5.84. The highest BCUT2D eigenvalue weighted by Crippen LogP contribution is 2.24. The van der Waals surface area contributed by atoms with Gasteiger partial charge in [0, 0.05) is 24.2 Å². The number of aromatic nitrogens is 4. The predicted molar refractivity (Wildman–Crippen MR) is 130 cm³/mol. The highest BCUT2D eigenvalue weighted by Gasteiger charge is 2.19. The van der Waals surface area contributed by atoms with E-state index < -0.39 is 0 Å². The normalized spacial score (nSPS) is 12.0. The van der Waals surface area contributed by atoms with Crippen molar-refractivity contribution in [2.75, 3.05) is 0 Å². The number of para-hydroxylation sites is 3. The minimum Gasteiger partial charge on any atom is -0.326 e. The van der Waals surface area contributed by atoms with Gasteiger partial charge in [-0.05, 0) is 50.5 Å². The van der Waals surface area contributed by atoms with Gasteiger partial charge in [-0.15, -0.1) is 0 Å². The first kappa shape index (κ1) is 21.6. The number of allylic oxidation sites excluding steroid dienone is 1. The highest BCUT2D eigenvalue weighted by molar-refractivity contribution is 5.86. The molecule has 0 aliphatic rings. The Kier molecular flexibility index (Phi) is 6.00. The number of imidazole rings is 2. The van der Waals surface area contributed by atoms with Gasteiger partial charge in [0.15, 0.2) is 0 Å². The van der Waals surface area contributed by atoms with Crippen molar-refractivity contribution in [2.24, 2.45) is 5.92 Å². The lowest BCUT2D eigenvalue weighted by Crippen LogP contribution is -2.27. The molecular formula is C26H29N5O. The van der Waals surface area contributed by atoms with E-state index in [0.29, 0.717) is 12.5 Å². The Labute approximate surface area is 188 Å². The van der Waals surface area contributed by atoms with Crippen molar-refractivity contribution in [3.05, 3.63) is 70.4 Å². The van der Waals surface area contributed by atoms with E-state index in [1.54, 1.807) is 6.08 Å². The molecule has 0 unspecified atom stereocenters. The molecule has 32 heavy (non-hydrogen) atoms. The first-order valence-electron chi connectivity index (χ1n) is 11.2. The van der Waals surface area contributed by atoms with E-state index in [9.17, 15) is 4.79 Å². The Balaban J connectivity index is 1.91. The van der Waals surface area contributed by atoms with Crippen molar-refractivity contribution < 1.29 is 0 Å². The van der Waals surface area contributed by atoms with Gasteiger partial charge in [0.2, 0.25) is 0 Å². The van der Waals surface area contributed by atoms with Crippen molar-refractivity contribution in [3.8, 4) is 6.07 Å². The zero-order valence-corrected chi connectivity index (χ0v) is 19.1. The third kappa shape index (κ3) is 3.87. The fourth-order valence-corrected chi connectivity index (χ4v) is 4.26. The summed E-state index contributed by atoms with van der Waals surface area (Å²) in [6, 6.07) is 16.1. The molecule has 0 aliphatic carbocycles. The molecule has 0 saturated carbocycles. The van der Waals surface area contributed by atoms with Crippen LogP contribution in [0.3, 0.4) is 0 Å². The van der Waals surface area contributed by atoms with Crippen molar-refractivity contribution in [3.63, 3.8) is 0 Å². The second-order valence-electron chi connectivity index (χ2n) is 8.86. The molecule has 4 aromatic rings. The Morgan fingerprint density at radius 1 is 1.00 bits per heavy atom. The summed E-state index contributed by atoms with van der Waals surface area (Å²) in [4.78, 5) is 18.4. The Hall–Kier alpha value is -3.59. The van der Waals surface area contributed by atoms with Crippen molar-refractivity contribution >= 4 is 28.1 Å². The number of hydrogen-bond donors (Lipinski definition) is 0. The molecular weight excluding hydrogens is 398 g/mol. The van der Waals surface area contributed by atoms with Crippen LogP contribution in [0.1, 0.15) is 51.5 Å². The molecule has 164 valence electrons. The van der Waals surface area contributed by atoms with Crippen LogP contribution in [0.15, 0.2) is 53.3 Å². The number of rotatable bonds is 7. The van der Waals surface area contributed by atoms with E-state index >= 15 is 0 Å². The summed E-state index contributed by atoms with van der Waals surface area (Å²) in [7, 11) is 0. The molecule has 2 aromatic heterocycles. The zero-order chi connectivity index (χ0) is 22.8. The fourth-order valence-electron chi connectivity index (χ4n) is 4.26. The lowest BCUT2D eigenvalue weighted by Gasteiger charge is -2.12. The minimum absolute atomic E-state index is 0.0201. The predicted octanol–water partition coefficient (Wildman–Crippen LogP) is 5.36. The molecule has 0 atom stereocenters. The van der Waals surface area contributed by atoms with Crippen LogP contribution in [0.2, 0.25) is 0 Å². The summed E-state index contributed by atoms with van der Waals surface area (Å²) in [6.45, 7) is 9.70. The monoisotopic (exact) mass is 427 g/mol. The van der Waals surface area contributed by atoms with Gasteiger partial charge in [-0.2, -0.15) is 5.26 Å². The average molecular weight is 428 g/mol. The van der Waals surface area contributed by atoms with E-state index in [-0.39, 0.29) is 11.7 Å². The smallest absolute Gasteiger partial charge is 0.326 e. The molecule has 6 nitrogen and oxygen atoms in total. The van der Waals surface area contributed by atoms with Gasteiger partial charge in [-0.25, -0.2) is 9.78 Å². The van der Waals surface area contributed by atoms with Crippen LogP contribution in [-0.2, 0) is 13.1 Å². The van der Waals surface area contributed by atoms with Crippen molar-refractivity contribution in [1.29, 1.82) is 5.26 Å². The molecule has 0 aliphatic heterocycles. The molecule has 0 amide bonds. The summed E-state index contributed by atoms with van der Waals surface area (Å²) in [6.07, 6.45) is 4.28. The van der Waals surface area contributed by atoms with Crippen LogP contribution in [0.25, 0.3) is 28.1 Å². The molecule has 2 aromatic carbocycles. The summed E-state index contributed by atoms with van der Waals surface area (Å²) in [5.41, 5.74) is 4.63. The number of fused-ring (bicyclic) bond motifs is 2. The number of benzene rings is 2. The second-order valence-corrected chi connectivity index (χ2v) is 8.86. The standard InChI is InChI=1S/C26H29N5O/c1-18(2)14-16-29-23-13-7-9-20(10-8-15-27)25(23)28-24(29)17-30-21-11-5-6-12-22(21)31(19(3)4)26(30)32/h5-13,18-19H,14,16-17H2,1-4H3/b10-8+. The highest BCUT2D eigenvalue weighted by atomic mass is 16.1. The maximum Gasteiger partial charge on any atom is 0.329 e. The van der Waals surface area contributed by atoms with Crippen LogP contribution >= 0.6 is 0 Å². The molecule has 0 radical (unpaired) electrons. The SMILES string of the molecule is CC(C)CCn1c(Cn2c(=O)n(C(C)C)c3ccccc32)nc2c(/C=C/C#N)cccc21. The molecule has 0 N–H and O–H groups in total. The van der Waals surface area contributed by atoms with Crippen LogP contribution < -0.4 is 5.69 Å². The summed E-state index contributed by atoms with van der Waals surface area (Å²) < 4.78 is 5.90. The number of aryl methyl sites for hydroxylation is 1. The molecule has 4 rings (SSSR count). The Morgan fingerprint density at radius 2 is 1.72 bits per heavy atom. The summed E-state index contributed by atoms with van der Waals surface area (Å²) >= 11 is 0. The van der Waals surface area contributed by atoms with Gasteiger partial charge >= 0.3 is 5.69 Å². The van der Waals surface area contributed by atoms with Crippen LogP contribution in [0, 0.1) is 17.2 Å². The molecule has 0 fully saturated rings. The van der Waals surface area contributed by atoms with E-state index in [1.807, 2.05) is 59.4 Å². The largest absolute Gasteiger partial charge is 0.329 e. The van der Waals surface area contributed by atoms with Gasteiger partial charge in [-0.1, -0.05) is 38.1 Å². The lowest BCUT2D eigenvalue weighted by atomic mass is 10.1. The second kappa shape index (κ2) is 8.88. The summed E-state index contributed by atoms with van der Waals surface area (Å²) in [5.74, 6) is 1.40. The fraction of sp³-hybridized carbons (Fsp3) is 0.346. The molecule has 0 spiro atoms. The first-order valence-corrected chi connectivity index (χ1v) is 11.2. The zero-order valence-electron chi connectivity index (χ0n) is 19.1. The van der Waals surface area contributed by atoms with E-state index in [1.165, 1.54) is 6.08 Å². The van der Waals surface area contributed by atoms with Gasteiger partial charge in [-0.3, -0.25) is 9.13 Å². The third-order valence-electron chi connectivity index (χ3n) is 5.84. The van der Waals surface area contributed by atoms with Gasteiger partial charge in [0.1, 0.15) is 5.82 Å². The molecule has 6 heteroatoms. The quantitative estimate of drug-likeness (QED) is 0.373. The topological polar surface area (TPSA) is 68.5 Å².